The number of hydrogen-bond donors (Lipinski definition) is 2. The Morgan fingerprint density at radius 2 is 1.57 bits per heavy atom. The van der Waals surface area contributed by atoms with Crippen LogP contribution in [0.3, 0.4) is 0 Å². The summed E-state index contributed by atoms with van der Waals surface area (Å²) in [6.45, 7) is 4.77. The molecule has 0 aliphatic heterocycles. The van der Waals surface area contributed by atoms with Crippen LogP contribution in [0.1, 0.15) is 42.5 Å². The number of aryl methyl sites for hydroxylation is 1. The van der Waals surface area contributed by atoms with E-state index in [1.54, 1.807) is 12.3 Å². The molecule has 0 aliphatic rings. The standard InChI is InChI=1S/C30H35N5O2/c1-24-29(37-23-26-14-8-5-9-15-26)27(36)17-21-35(24)20-11-3-2-10-18-31-28-16-19-32-30(34-28)33-22-25-12-6-4-7-13-25/h4-9,12-17,19,21H,2-3,10-11,18,20,22-23H2,1H3,(H2,31,32,33,34). The lowest BCUT2D eigenvalue weighted by Crippen LogP contribution is -2.15. The van der Waals surface area contributed by atoms with E-state index in [4.69, 9.17) is 4.74 Å². The minimum absolute atomic E-state index is 0.0705. The van der Waals surface area contributed by atoms with Crippen molar-refractivity contribution in [3.05, 3.63) is 112 Å². The zero-order chi connectivity index (χ0) is 25.7. The van der Waals surface area contributed by atoms with Gasteiger partial charge >= 0.3 is 0 Å². The minimum atomic E-state index is -0.0705. The largest absolute Gasteiger partial charge is 0.483 e. The monoisotopic (exact) mass is 497 g/mol. The van der Waals surface area contributed by atoms with Gasteiger partial charge in [-0.3, -0.25) is 4.79 Å². The van der Waals surface area contributed by atoms with E-state index in [0.29, 0.717) is 24.8 Å². The summed E-state index contributed by atoms with van der Waals surface area (Å²) < 4.78 is 8.00. The molecule has 2 heterocycles. The third-order valence-electron chi connectivity index (χ3n) is 6.20. The second-order valence-corrected chi connectivity index (χ2v) is 9.01. The van der Waals surface area contributed by atoms with E-state index in [1.807, 2.05) is 67.7 Å². The molecule has 0 bridgehead atoms. The highest BCUT2D eigenvalue weighted by atomic mass is 16.5. The first-order chi connectivity index (χ1) is 18.2. The Bertz CT molecular complexity index is 1290. The molecule has 0 spiro atoms. The molecule has 2 aromatic carbocycles. The van der Waals surface area contributed by atoms with Crippen molar-refractivity contribution >= 4 is 11.8 Å². The Labute approximate surface area is 218 Å². The molecule has 0 amide bonds. The summed E-state index contributed by atoms with van der Waals surface area (Å²) in [7, 11) is 0. The average Bonchev–Trinajstić information content (AvgIpc) is 2.94. The Kier molecular flexibility index (Phi) is 9.70. The van der Waals surface area contributed by atoms with Gasteiger partial charge in [0.05, 0.1) is 5.69 Å². The zero-order valence-corrected chi connectivity index (χ0v) is 21.4. The fourth-order valence-electron chi connectivity index (χ4n) is 4.10. The van der Waals surface area contributed by atoms with Gasteiger partial charge in [-0.15, -0.1) is 0 Å². The first kappa shape index (κ1) is 25.9. The zero-order valence-electron chi connectivity index (χ0n) is 21.4. The third kappa shape index (κ3) is 8.20. The fourth-order valence-corrected chi connectivity index (χ4v) is 4.10. The molecule has 0 aliphatic carbocycles. The number of ether oxygens (including phenoxy) is 1. The molecule has 0 saturated heterocycles. The van der Waals surface area contributed by atoms with Crippen molar-refractivity contribution in [2.45, 2.75) is 52.3 Å². The second-order valence-electron chi connectivity index (χ2n) is 9.01. The lowest BCUT2D eigenvalue weighted by atomic mass is 10.2. The van der Waals surface area contributed by atoms with Gasteiger partial charge in [-0.2, -0.15) is 4.98 Å². The lowest BCUT2D eigenvalue weighted by molar-refractivity contribution is 0.296. The maximum atomic E-state index is 12.3. The number of pyridine rings is 1. The molecule has 4 aromatic rings. The van der Waals surface area contributed by atoms with E-state index in [2.05, 4.69) is 37.3 Å². The fraction of sp³-hybridized carbons (Fsp3) is 0.300. The van der Waals surface area contributed by atoms with Gasteiger partial charge in [-0.25, -0.2) is 4.98 Å². The maximum absolute atomic E-state index is 12.3. The van der Waals surface area contributed by atoms with Crippen LogP contribution in [0.25, 0.3) is 0 Å². The van der Waals surface area contributed by atoms with Crippen LogP contribution in [0.2, 0.25) is 0 Å². The number of unbranched alkanes of at least 4 members (excludes halogenated alkanes) is 3. The topological polar surface area (TPSA) is 81.1 Å². The summed E-state index contributed by atoms with van der Waals surface area (Å²) in [6, 6.07) is 23.6. The van der Waals surface area contributed by atoms with Crippen molar-refractivity contribution in [2.24, 2.45) is 0 Å². The molecule has 0 radical (unpaired) electrons. The highest BCUT2D eigenvalue weighted by molar-refractivity contribution is 5.39. The van der Waals surface area contributed by atoms with Crippen molar-refractivity contribution in [1.82, 2.24) is 14.5 Å². The summed E-state index contributed by atoms with van der Waals surface area (Å²) in [5, 5.41) is 6.66. The number of nitrogens with zero attached hydrogens (tertiary/aromatic N) is 3. The number of benzene rings is 2. The molecule has 2 aromatic heterocycles. The van der Waals surface area contributed by atoms with Gasteiger partial charge < -0.3 is 19.9 Å². The average molecular weight is 498 g/mol. The van der Waals surface area contributed by atoms with E-state index >= 15 is 0 Å². The first-order valence-electron chi connectivity index (χ1n) is 12.9. The Morgan fingerprint density at radius 1 is 0.838 bits per heavy atom. The molecule has 0 fully saturated rings. The van der Waals surface area contributed by atoms with Gasteiger partial charge in [0.2, 0.25) is 11.4 Å². The maximum Gasteiger partial charge on any atom is 0.224 e. The summed E-state index contributed by atoms with van der Waals surface area (Å²) in [4.78, 5) is 21.2. The van der Waals surface area contributed by atoms with E-state index in [0.717, 1.165) is 55.8 Å². The van der Waals surface area contributed by atoms with Gasteiger partial charge in [-0.1, -0.05) is 73.5 Å². The van der Waals surface area contributed by atoms with Crippen LogP contribution >= 0.6 is 0 Å². The Hall–Kier alpha value is -4.13. The number of nitrogens with one attached hydrogen (secondary N) is 2. The number of hydrogen-bond acceptors (Lipinski definition) is 6. The van der Waals surface area contributed by atoms with Gasteiger partial charge in [0.1, 0.15) is 12.4 Å². The Morgan fingerprint density at radius 3 is 2.35 bits per heavy atom. The molecule has 37 heavy (non-hydrogen) atoms. The lowest BCUT2D eigenvalue weighted by Gasteiger charge is -2.15. The molecule has 0 saturated carbocycles. The van der Waals surface area contributed by atoms with Gasteiger partial charge in [0.15, 0.2) is 5.75 Å². The van der Waals surface area contributed by atoms with Crippen molar-refractivity contribution in [1.29, 1.82) is 0 Å². The van der Waals surface area contributed by atoms with Crippen LogP contribution in [0.4, 0.5) is 11.8 Å². The molecule has 2 N–H and O–H groups in total. The molecule has 4 rings (SSSR count). The first-order valence-corrected chi connectivity index (χ1v) is 12.9. The Balaban J connectivity index is 1.15. The molecule has 7 heteroatoms. The molecule has 7 nitrogen and oxygen atoms in total. The summed E-state index contributed by atoms with van der Waals surface area (Å²) in [5.41, 5.74) is 3.05. The van der Waals surface area contributed by atoms with Crippen LogP contribution in [-0.4, -0.2) is 21.1 Å². The van der Waals surface area contributed by atoms with Crippen LogP contribution in [0.15, 0.2) is 90.0 Å². The molecular formula is C30H35N5O2. The van der Waals surface area contributed by atoms with E-state index in [1.165, 1.54) is 5.56 Å². The number of aromatic nitrogens is 3. The third-order valence-corrected chi connectivity index (χ3v) is 6.20. The second kappa shape index (κ2) is 13.8. The van der Waals surface area contributed by atoms with Gasteiger partial charge in [0, 0.05) is 38.1 Å². The molecule has 0 unspecified atom stereocenters. The predicted octanol–water partition coefficient (Wildman–Crippen LogP) is 5.81. The van der Waals surface area contributed by atoms with Crippen LogP contribution in [0.5, 0.6) is 5.75 Å². The van der Waals surface area contributed by atoms with E-state index < -0.39 is 0 Å². The van der Waals surface area contributed by atoms with Gasteiger partial charge in [0.25, 0.3) is 0 Å². The van der Waals surface area contributed by atoms with E-state index in [-0.39, 0.29) is 5.43 Å². The summed E-state index contributed by atoms with van der Waals surface area (Å²) in [6.07, 6.45) is 7.98. The van der Waals surface area contributed by atoms with Crippen molar-refractivity contribution < 1.29 is 4.74 Å². The van der Waals surface area contributed by atoms with Gasteiger partial charge in [-0.05, 0) is 37.0 Å². The van der Waals surface area contributed by atoms with E-state index in [9.17, 15) is 4.79 Å². The highest BCUT2D eigenvalue weighted by Gasteiger charge is 2.09. The SMILES string of the molecule is Cc1c(OCc2ccccc2)c(=O)ccn1CCCCCCNc1ccnc(NCc2ccccc2)n1. The molecule has 192 valence electrons. The van der Waals surface area contributed by atoms with Crippen LogP contribution < -0.4 is 20.8 Å². The van der Waals surface area contributed by atoms with Crippen molar-refractivity contribution in [3.8, 4) is 5.75 Å². The number of rotatable bonds is 14. The van der Waals surface area contributed by atoms with Crippen LogP contribution in [-0.2, 0) is 19.7 Å². The van der Waals surface area contributed by atoms with Crippen molar-refractivity contribution in [3.63, 3.8) is 0 Å². The normalized spacial score (nSPS) is 10.7. The molecule has 0 atom stereocenters. The van der Waals surface area contributed by atoms with Crippen molar-refractivity contribution in [2.75, 3.05) is 17.2 Å². The summed E-state index contributed by atoms with van der Waals surface area (Å²) in [5.74, 6) is 1.90. The highest BCUT2D eigenvalue weighted by Crippen LogP contribution is 2.15. The summed E-state index contributed by atoms with van der Waals surface area (Å²) >= 11 is 0. The minimum Gasteiger partial charge on any atom is -0.483 e. The van der Waals surface area contributed by atoms with Crippen LogP contribution in [0, 0.1) is 6.92 Å². The number of anilines is 2. The molecular weight excluding hydrogens is 462 g/mol. The smallest absolute Gasteiger partial charge is 0.224 e. The quantitative estimate of drug-likeness (QED) is 0.214. The predicted molar refractivity (Wildman–Crippen MR) is 149 cm³/mol.